The summed E-state index contributed by atoms with van der Waals surface area (Å²) >= 11 is 3.23. The average Bonchev–Trinajstić information content (AvgIpc) is 3.16. The summed E-state index contributed by atoms with van der Waals surface area (Å²) in [5, 5.41) is 2.86. The first kappa shape index (κ1) is 16.4. The molecule has 19 heavy (non-hydrogen) atoms. The van der Waals surface area contributed by atoms with Gasteiger partial charge in [0.15, 0.2) is 0 Å². The van der Waals surface area contributed by atoms with Crippen LogP contribution in [0.1, 0.15) is 30.1 Å². The number of nitrogens with one attached hydrogen (secondary N) is 1. The summed E-state index contributed by atoms with van der Waals surface area (Å²) in [6.45, 7) is 2.28. The molecule has 0 bridgehead atoms. The fourth-order valence-electron chi connectivity index (χ4n) is 2.04. The first-order valence-electron chi connectivity index (χ1n) is 5.94. The van der Waals surface area contributed by atoms with Crippen molar-refractivity contribution in [2.45, 2.75) is 25.3 Å². The third-order valence-electron chi connectivity index (χ3n) is 3.47. The van der Waals surface area contributed by atoms with Crippen molar-refractivity contribution in [3.05, 3.63) is 34.1 Å². The molecule has 1 aromatic rings. The van der Waals surface area contributed by atoms with Crippen molar-refractivity contribution in [2.75, 3.05) is 6.54 Å². The Labute approximate surface area is 126 Å². The summed E-state index contributed by atoms with van der Waals surface area (Å²) in [6.07, 6.45) is 2.13. The highest BCUT2D eigenvalue weighted by atomic mass is 79.9. The van der Waals surface area contributed by atoms with Gasteiger partial charge in [0.2, 0.25) is 0 Å². The number of amides is 1. The van der Waals surface area contributed by atoms with E-state index in [-0.39, 0.29) is 18.0 Å². The highest BCUT2D eigenvalue weighted by Gasteiger charge is 2.41. The summed E-state index contributed by atoms with van der Waals surface area (Å²) in [5.41, 5.74) is 5.33. The van der Waals surface area contributed by atoms with Crippen LogP contribution in [0.2, 0.25) is 0 Å². The number of nitrogens with two attached hydrogens (primary N) is 1. The lowest BCUT2D eigenvalue weighted by Gasteiger charge is -2.29. The number of carbonyl (C=O) groups excluding carboxylic acids is 1. The van der Waals surface area contributed by atoms with Crippen molar-refractivity contribution >= 4 is 34.2 Å². The van der Waals surface area contributed by atoms with Crippen LogP contribution in [0, 0.1) is 11.7 Å². The molecule has 1 fully saturated rings. The molecule has 1 aliphatic rings. The minimum absolute atomic E-state index is 0. The molecule has 1 aliphatic carbocycles. The Morgan fingerprint density at radius 3 is 2.74 bits per heavy atom. The Balaban J connectivity index is 0.00000180. The summed E-state index contributed by atoms with van der Waals surface area (Å²) < 4.78 is 14.3. The Bertz CT molecular complexity index is 482. The van der Waals surface area contributed by atoms with E-state index in [9.17, 15) is 9.18 Å². The Morgan fingerprint density at radius 2 is 2.21 bits per heavy atom. The van der Waals surface area contributed by atoms with Gasteiger partial charge in [-0.15, -0.1) is 12.4 Å². The van der Waals surface area contributed by atoms with Crippen molar-refractivity contribution < 1.29 is 9.18 Å². The van der Waals surface area contributed by atoms with E-state index in [1.165, 1.54) is 12.1 Å². The van der Waals surface area contributed by atoms with E-state index in [0.717, 1.165) is 12.8 Å². The third-order valence-corrected chi connectivity index (χ3v) is 3.97. The van der Waals surface area contributed by atoms with Gasteiger partial charge in [-0.3, -0.25) is 4.79 Å². The van der Waals surface area contributed by atoms with E-state index >= 15 is 0 Å². The molecule has 1 unspecified atom stereocenters. The Hall–Kier alpha value is -0.650. The van der Waals surface area contributed by atoms with Gasteiger partial charge in [-0.25, -0.2) is 4.39 Å². The zero-order valence-corrected chi connectivity index (χ0v) is 13.0. The lowest BCUT2D eigenvalue weighted by atomic mass is 9.95. The quantitative estimate of drug-likeness (QED) is 0.876. The van der Waals surface area contributed by atoms with Gasteiger partial charge in [0.1, 0.15) is 5.82 Å². The second kappa shape index (κ2) is 6.20. The van der Waals surface area contributed by atoms with Crippen LogP contribution in [0.3, 0.4) is 0 Å². The van der Waals surface area contributed by atoms with Gasteiger partial charge < -0.3 is 11.1 Å². The summed E-state index contributed by atoms with van der Waals surface area (Å²) in [7, 11) is 0. The highest BCUT2D eigenvalue weighted by Crippen LogP contribution is 2.39. The lowest BCUT2D eigenvalue weighted by molar-refractivity contribution is 0.0893. The molecule has 0 saturated heterocycles. The Kier molecular flexibility index (Phi) is 5.35. The molecule has 1 saturated carbocycles. The maximum atomic E-state index is 13.6. The van der Waals surface area contributed by atoms with E-state index in [1.807, 2.05) is 6.92 Å². The largest absolute Gasteiger partial charge is 0.345 e. The molecule has 3 N–H and O–H groups in total. The van der Waals surface area contributed by atoms with Crippen LogP contribution < -0.4 is 11.1 Å². The zero-order valence-electron chi connectivity index (χ0n) is 10.6. The number of benzene rings is 1. The molecule has 0 spiro atoms. The minimum Gasteiger partial charge on any atom is -0.345 e. The van der Waals surface area contributed by atoms with E-state index in [2.05, 4.69) is 21.2 Å². The number of hydrogen-bond donors (Lipinski definition) is 2. The van der Waals surface area contributed by atoms with Crippen molar-refractivity contribution in [3.63, 3.8) is 0 Å². The van der Waals surface area contributed by atoms with Gasteiger partial charge in [0, 0.05) is 11.0 Å². The van der Waals surface area contributed by atoms with Gasteiger partial charge >= 0.3 is 0 Å². The van der Waals surface area contributed by atoms with Crippen LogP contribution in [0.4, 0.5) is 4.39 Å². The van der Waals surface area contributed by atoms with Crippen LogP contribution in [0.5, 0.6) is 0 Å². The molecule has 106 valence electrons. The van der Waals surface area contributed by atoms with Crippen molar-refractivity contribution in [1.82, 2.24) is 5.32 Å². The van der Waals surface area contributed by atoms with Gasteiger partial charge in [-0.2, -0.15) is 0 Å². The van der Waals surface area contributed by atoms with Crippen molar-refractivity contribution in [1.29, 1.82) is 0 Å². The van der Waals surface area contributed by atoms with Gasteiger partial charge in [-0.05, 0) is 43.9 Å². The monoisotopic (exact) mass is 350 g/mol. The number of hydrogen-bond acceptors (Lipinski definition) is 2. The maximum absolute atomic E-state index is 13.6. The average molecular weight is 352 g/mol. The molecular formula is C13H17BrClFN2O. The number of rotatable bonds is 4. The second-order valence-electron chi connectivity index (χ2n) is 4.97. The maximum Gasteiger partial charge on any atom is 0.254 e. The summed E-state index contributed by atoms with van der Waals surface area (Å²) in [6, 6.07) is 4.32. The van der Waals surface area contributed by atoms with E-state index < -0.39 is 17.3 Å². The zero-order chi connectivity index (χ0) is 13.3. The molecule has 0 aliphatic heterocycles. The second-order valence-corrected chi connectivity index (χ2v) is 5.89. The van der Waals surface area contributed by atoms with Crippen LogP contribution in [0.25, 0.3) is 0 Å². The molecule has 0 heterocycles. The van der Waals surface area contributed by atoms with E-state index in [0.29, 0.717) is 16.9 Å². The molecule has 1 aromatic carbocycles. The predicted octanol–water partition coefficient (Wildman–Crippen LogP) is 2.87. The van der Waals surface area contributed by atoms with Crippen LogP contribution >= 0.6 is 28.3 Å². The molecule has 2 rings (SSSR count). The first-order valence-corrected chi connectivity index (χ1v) is 6.73. The topological polar surface area (TPSA) is 55.1 Å². The molecule has 1 atom stereocenters. The fraction of sp³-hybridized carbons (Fsp3) is 0.462. The third kappa shape index (κ3) is 3.68. The van der Waals surface area contributed by atoms with Gasteiger partial charge in [0.25, 0.3) is 5.91 Å². The molecule has 3 nitrogen and oxygen atoms in total. The van der Waals surface area contributed by atoms with Crippen LogP contribution in [0.15, 0.2) is 22.7 Å². The molecule has 0 aromatic heterocycles. The fourth-order valence-corrected chi connectivity index (χ4v) is 2.40. The molecule has 6 heteroatoms. The number of carbonyl (C=O) groups is 1. The SMILES string of the molecule is CC(CN)(NC(=O)c1cc(Br)ccc1F)C1CC1.Cl. The predicted molar refractivity (Wildman–Crippen MR) is 79.0 cm³/mol. The summed E-state index contributed by atoms with van der Waals surface area (Å²) in [5.74, 6) is -0.527. The van der Waals surface area contributed by atoms with E-state index in [1.54, 1.807) is 6.07 Å². The normalized spacial score (nSPS) is 17.3. The lowest BCUT2D eigenvalue weighted by Crippen LogP contribution is -2.53. The number of halogens is 3. The molecule has 0 radical (unpaired) electrons. The van der Waals surface area contributed by atoms with Crippen molar-refractivity contribution in [2.24, 2.45) is 11.7 Å². The van der Waals surface area contributed by atoms with Gasteiger partial charge in [0.05, 0.1) is 11.1 Å². The van der Waals surface area contributed by atoms with Crippen LogP contribution in [-0.2, 0) is 0 Å². The highest BCUT2D eigenvalue weighted by molar-refractivity contribution is 9.10. The molecule has 1 amide bonds. The van der Waals surface area contributed by atoms with E-state index in [4.69, 9.17) is 5.73 Å². The smallest absolute Gasteiger partial charge is 0.254 e. The van der Waals surface area contributed by atoms with Crippen molar-refractivity contribution in [3.8, 4) is 0 Å². The first-order chi connectivity index (χ1) is 8.46. The Morgan fingerprint density at radius 1 is 1.58 bits per heavy atom. The molecular weight excluding hydrogens is 335 g/mol. The van der Waals surface area contributed by atoms with Gasteiger partial charge in [-0.1, -0.05) is 15.9 Å². The van der Waals surface area contributed by atoms with Crippen LogP contribution in [-0.4, -0.2) is 18.0 Å². The standard InChI is InChI=1S/C13H16BrFN2O.ClH/c1-13(7-16,8-2-3-8)17-12(18)10-6-9(14)4-5-11(10)15;/h4-6,8H,2-3,7,16H2,1H3,(H,17,18);1H. The summed E-state index contributed by atoms with van der Waals surface area (Å²) in [4.78, 5) is 12.1. The minimum atomic E-state index is -0.522.